The summed E-state index contributed by atoms with van der Waals surface area (Å²) in [6.45, 7) is 0. The lowest BCUT2D eigenvalue weighted by Crippen LogP contribution is -2.06. The first kappa shape index (κ1) is 20.2. The number of hydrogen-bond acceptors (Lipinski definition) is 7. The predicted molar refractivity (Wildman–Crippen MR) is 106 cm³/mol. The molecule has 4 heterocycles. The molecule has 0 aromatic carbocycles. The molecule has 2 atom stereocenters. The van der Waals surface area contributed by atoms with Crippen molar-refractivity contribution in [2.24, 2.45) is 0 Å². The van der Waals surface area contributed by atoms with E-state index in [4.69, 9.17) is 9.47 Å². The van der Waals surface area contributed by atoms with Crippen molar-refractivity contribution in [3.63, 3.8) is 0 Å². The standard InChI is InChI=1S/C21H17F3N6O2/c1-31-19-15(10-27-20(28-19)32-2)17-8-14(18-25-5-6-30(18)29-17)12-7-13(12)16-4-3-11(9-26-16)21(22,23)24/h3-6,8-10,12-13H,7H2,1-2H3/t12-,13-/m0/s1. The SMILES string of the molecule is COc1ncc(-c2cc([C@H]3C[C@@H]3c3ccc(C(F)(F)F)cn3)c3nccn3n2)c(OC)n1. The topological polar surface area (TPSA) is 87.3 Å². The summed E-state index contributed by atoms with van der Waals surface area (Å²) in [5.41, 5.74) is 2.63. The molecule has 0 unspecified atom stereocenters. The maximum absolute atomic E-state index is 12.8. The molecule has 0 amide bonds. The van der Waals surface area contributed by atoms with Crippen LogP contribution in [0.1, 0.15) is 35.1 Å². The summed E-state index contributed by atoms with van der Waals surface area (Å²) in [5, 5.41) is 4.59. The van der Waals surface area contributed by atoms with E-state index in [1.165, 1.54) is 20.3 Å². The summed E-state index contributed by atoms with van der Waals surface area (Å²) in [6.07, 6.45) is 2.17. The Hall–Kier alpha value is -3.76. The van der Waals surface area contributed by atoms with Crippen LogP contribution in [-0.4, -0.2) is 43.8 Å². The molecule has 32 heavy (non-hydrogen) atoms. The fraction of sp³-hybridized carbons (Fsp3) is 0.286. The number of methoxy groups -OCH3 is 2. The van der Waals surface area contributed by atoms with Gasteiger partial charge in [0.15, 0.2) is 5.65 Å². The zero-order chi connectivity index (χ0) is 22.5. The highest BCUT2D eigenvalue weighted by atomic mass is 19.4. The number of hydrogen-bond donors (Lipinski definition) is 0. The van der Waals surface area contributed by atoms with E-state index in [-0.39, 0.29) is 17.8 Å². The molecule has 1 saturated carbocycles. The summed E-state index contributed by atoms with van der Waals surface area (Å²) < 4.78 is 50.6. The van der Waals surface area contributed by atoms with Gasteiger partial charge >= 0.3 is 12.2 Å². The number of ether oxygens (including phenoxy) is 2. The number of alkyl halides is 3. The number of fused-ring (bicyclic) bond motifs is 1. The van der Waals surface area contributed by atoms with Gasteiger partial charge in [-0.3, -0.25) is 4.98 Å². The minimum absolute atomic E-state index is 0.00190. The normalized spacial score (nSPS) is 18.0. The second-order valence-electron chi connectivity index (χ2n) is 7.38. The molecule has 11 heteroatoms. The third-order valence-electron chi connectivity index (χ3n) is 5.45. The lowest BCUT2D eigenvalue weighted by atomic mass is 10.1. The Morgan fingerprint density at radius 2 is 1.88 bits per heavy atom. The molecule has 5 rings (SSSR count). The Labute approximate surface area is 180 Å². The third kappa shape index (κ3) is 3.49. The van der Waals surface area contributed by atoms with Gasteiger partial charge in [0.1, 0.15) is 0 Å². The van der Waals surface area contributed by atoms with Crippen molar-refractivity contribution in [1.82, 2.24) is 29.5 Å². The Balaban J connectivity index is 1.52. The summed E-state index contributed by atoms with van der Waals surface area (Å²) in [5.74, 6) is 0.365. The number of aromatic nitrogens is 6. The zero-order valence-electron chi connectivity index (χ0n) is 17.0. The van der Waals surface area contributed by atoms with Gasteiger partial charge in [0.05, 0.1) is 31.0 Å². The van der Waals surface area contributed by atoms with E-state index in [0.29, 0.717) is 28.5 Å². The van der Waals surface area contributed by atoms with Gasteiger partial charge in [-0.1, -0.05) is 0 Å². The average molecular weight is 442 g/mol. The Kier molecular flexibility index (Phi) is 4.68. The summed E-state index contributed by atoms with van der Waals surface area (Å²) in [4.78, 5) is 16.8. The van der Waals surface area contributed by atoms with E-state index in [2.05, 4.69) is 25.0 Å². The van der Waals surface area contributed by atoms with Crippen LogP contribution in [0, 0.1) is 0 Å². The number of imidazole rings is 1. The molecule has 0 saturated heterocycles. The van der Waals surface area contributed by atoms with E-state index >= 15 is 0 Å². The molecule has 8 nitrogen and oxygen atoms in total. The quantitative estimate of drug-likeness (QED) is 0.463. The number of nitrogens with zero attached hydrogens (tertiary/aromatic N) is 6. The van der Waals surface area contributed by atoms with Crippen molar-refractivity contribution in [3.8, 4) is 23.1 Å². The van der Waals surface area contributed by atoms with Crippen LogP contribution in [0.2, 0.25) is 0 Å². The molecule has 1 fully saturated rings. The summed E-state index contributed by atoms with van der Waals surface area (Å²) in [6, 6.07) is 4.58. The molecule has 0 bridgehead atoms. The van der Waals surface area contributed by atoms with Crippen molar-refractivity contribution in [3.05, 3.63) is 59.8 Å². The highest BCUT2D eigenvalue weighted by Gasteiger charge is 2.43. The largest absolute Gasteiger partial charge is 0.480 e. The van der Waals surface area contributed by atoms with Crippen molar-refractivity contribution < 1.29 is 22.6 Å². The van der Waals surface area contributed by atoms with Crippen LogP contribution >= 0.6 is 0 Å². The smallest absolute Gasteiger partial charge is 0.417 e. The molecule has 4 aromatic heterocycles. The van der Waals surface area contributed by atoms with Crippen LogP contribution in [0.15, 0.2) is 43.0 Å². The van der Waals surface area contributed by atoms with Crippen molar-refractivity contribution >= 4 is 5.65 Å². The third-order valence-corrected chi connectivity index (χ3v) is 5.45. The van der Waals surface area contributed by atoms with Gasteiger partial charge in [-0.05, 0) is 30.5 Å². The minimum atomic E-state index is -4.41. The summed E-state index contributed by atoms with van der Waals surface area (Å²) in [7, 11) is 2.96. The van der Waals surface area contributed by atoms with Gasteiger partial charge in [0.2, 0.25) is 5.88 Å². The monoisotopic (exact) mass is 442 g/mol. The first-order chi connectivity index (χ1) is 15.4. The van der Waals surface area contributed by atoms with Gasteiger partial charge in [-0.25, -0.2) is 14.5 Å². The second-order valence-corrected chi connectivity index (χ2v) is 7.38. The number of rotatable bonds is 5. The van der Waals surface area contributed by atoms with Crippen LogP contribution in [0.4, 0.5) is 13.2 Å². The molecule has 0 spiro atoms. The molecule has 0 N–H and O–H groups in total. The molecule has 0 aliphatic heterocycles. The lowest BCUT2D eigenvalue weighted by molar-refractivity contribution is -0.137. The van der Waals surface area contributed by atoms with Crippen LogP contribution < -0.4 is 9.47 Å². The van der Waals surface area contributed by atoms with E-state index in [0.717, 1.165) is 24.2 Å². The highest BCUT2D eigenvalue weighted by Crippen LogP contribution is 2.55. The van der Waals surface area contributed by atoms with Gasteiger partial charge in [0, 0.05) is 42.0 Å². The number of pyridine rings is 1. The highest BCUT2D eigenvalue weighted by molar-refractivity contribution is 5.68. The summed E-state index contributed by atoms with van der Waals surface area (Å²) >= 11 is 0. The van der Waals surface area contributed by atoms with Crippen LogP contribution in [0.3, 0.4) is 0 Å². The van der Waals surface area contributed by atoms with Gasteiger partial charge < -0.3 is 9.47 Å². The Bertz CT molecular complexity index is 1290. The fourth-order valence-corrected chi connectivity index (χ4v) is 3.78. The first-order valence-electron chi connectivity index (χ1n) is 9.72. The van der Waals surface area contributed by atoms with Crippen molar-refractivity contribution in [2.45, 2.75) is 24.4 Å². The molecule has 164 valence electrons. The average Bonchev–Trinajstić information content (AvgIpc) is 3.45. The van der Waals surface area contributed by atoms with Gasteiger partial charge in [0.25, 0.3) is 0 Å². The maximum Gasteiger partial charge on any atom is 0.417 e. The molecule has 1 aliphatic rings. The maximum atomic E-state index is 12.8. The molecule has 4 aromatic rings. The second kappa shape index (κ2) is 7.43. The van der Waals surface area contributed by atoms with Crippen molar-refractivity contribution in [1.29, 1.82) is 0 Å². The molecular formula is C21H17F3N6O2. The van der Waals surface area contributed by atoms with Gasteiger partial charge in [-0.15, -0.1) is 0 Å². The minimum Gasteiger partial charge on any atom is -0.480 e. The molecule has 0 radical (unpaired) electrons. The van der Waals surface area contributed by atoms with Crippen LogP contribution in [0.5, 0.6) is 11.9 Å². The lowest BCUT2D eigenvalue weighted by Gasteiger charge is -2.11. The van der Waals surface area contributed by atoms with Crippen LogP contribution in [0.25, 0.3) is 16.9 Å². The van der Waals surface area contributed by atoms with E-state index < -0.39 is 11.7 Å². The first-order valence-corrected chi connectivity index (χ1v) is 9.72. The Morgan fingerprint density at radius 3 is 2.56 bits per heavy atom. The van der Waals surface area contributed by atoms with Crippen molar-refractivity contribution in [2.75, 3.05) is 14.2 Å². The molecule has 1 aliphatic carbocycles. The van der Waals surface area contributed by atoms with E-state index in [9.17, 15) is 13.2 Å². The van der Waals surface area contributed by atoms with Crippen LogP contribution in [-0.2, 0) is 6.18 Å². The predicted octanol–water partition coefficient (Wildman–Crippen LogP) is 3.89. The van der Waals surface area contributed by atoms with Gasteiger partial charge in [-0.2, -0.15) is 23.3 Å². The fourth-order valence-electron chi connectivity index (χ4n) is 3.78. The number of halogens is 3. The zero-order valence-corrected chi connectivity index (χ0v) is 17.0. The molecular weight excluding hydrogens is 425 g/mol. The van der Waals surface area contributed by atoms with E-state index in [1.807, 2.05) is 6.07 Å². The van der Waals surface area contributed by atoms with E-state index in [1.54, 1.807) is 23.1 Å². The Morgan fingerprint density at radius 1 is 1.03 bits per heavy atom.